The highest BCUT2D eigenvalue weighted by atomic mass is 14.9. The molecule has 2 aromatic heterocycles. The van der Waals surface area contributed by atoms with Gasteiger partial charge in [0.1, 0.15) is 12.1 Å². The molecule has 0 unspecified atom stereocenters. The lowest BCUT2D eigenvalue weighted by molar-refractivity contribution is 1.29. The van der Waals surface area contributed by atoms with Gasteiger partial charge in [-0.05, 0) is 40.4 Å². The molecule has 0 aliphatic heterocycles. The number of aromatic nitrogens is 1. The van der Waals surface area contributed by atoms with Crippen molar-refractivity contribution in [1.29, 1.82) is 10.5 Å². The van der Waals surface area contributed by atoms with Crippen molar-refractivity contribution in [2.45, 2.75) is 0 Å². The lowest BCUT2D eigenvalue weighted by Gasteiger charge is -2.12. The third kappa shape index (κ3) is 2.05. The van der Waals surface area contributed by atoms with Crippen LogP contribution in [0.15, 0.2) is 79.0 Å². The molecule has 6 rings (SSSR count). The molecule has 0 saturated carbocycles. The summed E-state index contributed by atoms with van der Waals surface area (Å²) in [4.78, 5) is 0. The van der Waals surface area contributed by atoms with Crippen LogP contribution in [0.5, 0.6) is 0 Å². The molecule has 0 bridgehead atoms. The smallest absolute Gasteiger partial charge is 0.101 e. The van der Waals surface area contributed by atoms with Crippen LogP contribution in [0, 0.1) is 22.7 Å². The van der Waals surface area contributed by atoms with Gasteiger partial charge in [-0.15, -0.1) is 0 Å². The summed E-state index contributed by atoms with van der Waals surface area (Å²) in [5.41, 5.74) is 2.88. The summed E-state index contributed by atoms with van der Waals surface area (Å²) in [7, 11) is 0. The number of nitrogens with zero attached hydrogens (tertiary/aromatic N) is 3. The van der Waals surface area contributed by atoms with Crippen molar-refractivity contribution in [3.05, 3.63) is 90.1 Å². The number of benzene rings is 4. The Morgan fingerprint density at radius 3 is 1.93 bits per heavy atom. The van der Waals surface area contributed by atoms with Gasteiger partial charge in [-0.3, -0.25) is 0 Å². The summed E-state index contributed by atoms with van der Waals surface area (Å²) in [6, 6.07) is 29.1. The van der Waals surface area contributed by atoms with E-state index in [1.165, 1.54) is 10.8 Å². The van der Waals surface area contributed by atoms with E-state index in [2.05, 4.69) is 71.3 Å². The molecule has 0 N–H and O–H groups in total. The van der Waals surface area contributed by atoms with Crippen LogP contribution < -0.4 is 0 Å². The van der Waals surface area contributed by atoms with Gasteiger partial charge in [0, 0.05) is 27.7 Å². The van der Waals surface area contributed by atoms with Crippen LogP contribution in [0.4, 0.5) is 0 Å². The Labute approximate surface area is 166 Å². The first-order valence-electron chi connectivity index (χ1n) is 9.41. The minimum absolute atomic E-state index is 0.402. The molecule has 4 aromatic carbocycles. The van der Waals surface area contributed by atoms with E-state index in [0.29, 0.717) is 11.1 Å². The fourth-order valence-corrected chi connectivity index (χ4v) is 4.47. The molecule has 6 aromatic rings. The Hall–Kier alpha value is -4.34. The van der Waals surface area contributed by atoms with Crippen LogP contribution in [0.1, 0.15) is 11.1 Å². The predicted molar refractivity (Wildman–Crippen MR) is 117 cm³/mol. The summed E-state index contributed by atoms with van der Waals surface area (Å²) < 4.78 is 2.17. The maximum atomic E-state index is 9.57. The first kappa shape index (κ1) is 15.7. The van der Waals surface area contributed by atoms with Gasteiger partial charge >= 0.3 is 0 Å². The maximum Gasteiger partial charge on any atom is 0.101 e. The van der Waals surface area contributed by atoms with Crippen molar-refractivity contribution in [3.8, 4) is 12.1 Å². The number of hydrogen-bond acceptors (Lipinski definition) is 2. The van der Waals surface area contributed by atoms with Gasteiger partial charge < -0.3 is 4.40 Å². The normalized spacial score (nSPS) is 11.4. The first-order chi connectivity index (χ1) is 14.3. The first-order valence-corrected chi connectivity index (χ1v) is 9.41. The molecule has 0 spiro atoms. The van der Waals surface area contributed by atoms with Crippen LogP contribution in [-0.4, -0.2) is 4.40 Å². The van der Waals surface area contributed by atoms with E-state index in [9.17, 15) is 10.5 Å². The zero-order chi connectivity index (χ0) is 19.5. The highest BCUT2D eigenvalue weighted by Crippen LogP contribution is 2.37. The summed E-state index contributed by atoms with van der Waals surface area (Å²) in [6.07, 6.45) is 2.12. The topological polar surface area (TPSA) is 52.0 Å². The fourth-order valence-electron chi connectivity index (χ4n) is 4.47. The monoisotopic (exact) mass is 367 g/mol. The molecular formula is C26H13N3. The minimum atomic E-state index is 0.402. The molecule has 0 aliphatic rings. The molecule has 3 heteroatoms. The van der Waals surface area contributed by atoms with Crippen molar-refractivity contribution in [3.63, 3.8) is 0 Å². The molecule has 0 atom stereocenters. The highest BCUT2D eigenvalue weighted by molar-refractivity contribution is 6.22. The van der Waals surface area contributed by atoms with E-state index in [1.807, 2.05) is 24.3 Å². The standard InChI is InChI=1S/C26H13N3/c27-13-19-11-23-22-9-16-5-1-2-6-17(16)10-24(22)26-21-8-4-3-7-18(21)15-29(26)25(23)12-20(19)14-28/h1-12,15H. The van der Waals surface area contributed by atoms with E-state index >= 15 is 0 Å². The summed E-state index contributed by atoms with van der Waals surface area (Å²) in [6.45, 7) is 0. The van der Waals surface area contributed by atoms with E-state index in [0.717, 1.165) is 38.0 Å². The van der Waals surface area contributed by atoms with Crippen molar-refractivity contribution in [1.82, 2.24) is 4.40 Å². The number of rotatable bonds is 0. The average molecular weight is 367 g/mol. The molecule has 3 nitrogen and oxygen atoms in total. The molecule has 0 fully saturated rings. The highest BCUT2D eigenvalue weighted by Gasteiger charge is 2.15. The Kier molecular flexibility index (Phi) is 3.02. The fraction of sp³-hybridized carbons (Fsp3) is 0. The van der Waals surface area contributed by atoms with E-state index in [1.54, 1.807) is 0 Å². The summed E-state index contributed by atoms with van der Waals surface area (Å²) in [5.74, 6) is 0. The molecule has 0 saturated heterocycles. The summed E-state index contributed by atoms with van der Waals surface area (Å²) in [5, 5.41) is 27.0. The van der Waals surface area contributed by atoms with Crippen molar-refractivity contribution in [2.24, 2.45) is 0 Å². The number of nitriles is 2. The van der Waals surface area contributed by atoms with Crippen LogP contribution in [0.3, 0.4) is 0 Å². The van der Waals surface area contributed by atoms with Gasteiger partial charge in [0.25, 0.3) is 0 Å². The minimum Gasteiger partial charge on any atom is -0.315 e. The maximum absolute atomic E-state index is 9.57. The largest absolute Gasteiger partial charge is 0.315 e. The number of fused-ring (bicyclic) bond motifs is 9. The van der Waals surface area contributed by atoms with E-state index < -0.39 is 0 Å². The predicted octanol–water partition coefficient (Wildman–Crippen LogP) is 6.30. The molecule has 132 valence electrons. The van der Waals surface area contributed by atoms with Gasteiger partial charge in [-0.25, -0.2) is 0 Å². The molecule has 0 amide bonds. The molecule has 29 heavy (non-hydrogen) atoms. The van der Waals surface area contributed by atoms with Gasteiger partial charge in [0.15, 0.2) is 0 Å². The zero-order valence-electron chi connectivity index (χ0n) is 15.3. The quantitative estimate of drug-likeness (QED) is 0.234. The summed E-state index contributed by atoms with van der Waals surface area (Å²) >= 11 is 0. The lowest BCUT2D eigenvalue weighted by Crippen LogP contribution is -1.93. The van der Waals surface area contributed by atoms with Crippen molar-refractivity contribution >= 4 is 48.7 Å². The van der Waals surface area contributed by atoms with Crippen LogP contribution in [-0.2, 0) is 0 Å². The van der Waals surface area contributed by atoms with Gasteiger partial charge in [0.05, 0.1) is 22.2 Å². The third-order valence-corrected chi connectivity index (χ3v) is 5.79. The van der Waals surface area contributed by atoms with Gasteiger partial charge in [0.2, 0.25) is 0 Å². The lowest BCUT2D eigenvalue weighted by atomic mass is 9.97. The second kappa shape index (κ2) is 5.58. The van der Waals surface area contributed by atoms with Crippen molar-refractivity contribution in [2.75, 3.05) is 0 Å². The Morgan fingerprint density at radius 1 is 0.586 bits per heavy atom. The van der Waals surface area contributed by atoms with Gasteiger partial charge in [-0.1, -0.05) is 48.5 Å². The number of hydrogen-bond donors (Lipinski definition) is 0. The molecule has 0 aliphatic carbocycles. The second-order valence-corrected chi connectivity index (χ2v) is 7.32. The zero-order valence-corrected chi connectivity index (χ0v) is 15.3. The van der Waals surface area contributed by atoms with Crippen LogP contribution in [0.2, 0.25) is 0 Å². The molecule has 0 radical (unpaired) electrons. The van der Waals surface area contributed by atoms with E-state index in [-0.39, 0.29) is 0 Å². The third-order valence-electron chi connectivity index (χ3n) is 5.79. The Balaban J connectivity index is 2.00. The molecule has 2 heterocycles. The molecular weight excluding hydrogens is 354 g/mol. The Bertz CT molecular complexity index is 1720. The van der Waals surface area contributed by atoms with E-state index in [4.69, 9.17) is 0 Å². The van der Waals surface area contributed by atoms with Gasteiger partial charge in [-0.2, -0.15) is 10.5 Å². The SMILES string of the molecule is N#Cc1cc2c3cc4ccccc4cc3c3c4ccccc4cn3c2cc1C#N. The number of pyridine rings is 1. The van der Waals surface area contributed by atoms with Crippen LogP contribution >= 0.6 is 0 Å². The second-order valence-electron chi connectivity index (χ2n) is 7.32. The van der Waals surface area contributed by atoms with Crippen molar-refractivity contribution < 1.29 is 0 Å². The average Bonchev–Trinajstić information content (AvgIpc) is 3.17. The van der Waals surface area contributed by atoms with Crippen LogP contribution in [0.25, 0.3) is 48.7 Å². The Morgan fingerprint density at radius 2 is 1.21 bits per heavy atom.